The maximum atomic E-state index is 11.9. The Kier molecular flexibility index (Phi) is 6.09. The number of benzene rings is 1. The van der Waals surface area contributed by atoms with Gasteiger partial charge in [0, 0.05) is 5.54 Å². The third-order valence-corrected chi connectivity index (χ3v) is 4.95. The second kappa shape index (κ2) is 7.89. The highest BCUT2D eigenvalue weighted by atomic mass is 16.6. The van der Waals surface area contributed by atoms with Crippen LogP contribution in [-0.2, 0) is 16.0 Å². The number of hydrogen-bond acceptors (Lipinski definition) is 3. The van der Waals surface area contributed by atoms with E-state index < -0.39 is 23.6 Å². The molecule has 5 nitrogen and oxygen atoms in total. The summed E-state index contributed by atoms with van der Waals surface area (Å²) < 4.78 is 5.18. The van der Waals surface area contributed by atoms with Crippen LogP contribution in [0.25, 0.3) is 0 Å². The molecule has 0 aliphatic carbocycles. The van der Waals surface area contributed by atoms with Gasteiger partial charge >= 0.3 is 12.1 Å². The third-order valence-electron chi connectivity index (χ3n) is 4.95. The zero-order valence-electron chi connectivity index (χ0n) is 15.6. The number of carbonyl (C=O) groups excluding carboxylic acids is 1. The summed E-state index contributed by atoms with van der Waals surface area (Å²) in [5, 5.41) is 9.71. The molecule has 5 heteroatoms. The minimum Gasteiger partial charge on any atom is -0.465 e. The average molecular weight is 347 g/mol. The summed E-state index contributed by atoms with van der Waals surface area (Å²) in [7, 11) is 0. The molecule has 138 valence electrons. The standard InChI is InChI=1S/C20H29NO4/c1-14(2)17-16(18(22)25-17)21(19(23)24)20(3,4)13-9-8-12-15-10-6-5-7-11-15/h5-7,10-11,14,16-17H,8-9,12-13H2,1-4H3,(H,23,24)/t16-,17-/m1/s1. The monoisotopic (exact) mass is 347 g/mol. The zero-order valence-corrected chi connectivity index (χ0v) is 15.6. The number of nitrogens with zero attached hydrogens (tertiary/aromatic N) is 1. The molecular weight excluding hydrogens is 318 g/mol. The van der Waals surface area contributed by atoms with Crippen LogP contribution in [0, 0.1) is 5.92 Å². The Morgan fingerprint density at radius 2 is 1.88 bits per heavy atom. The molecule has 1 aliphatic rings. The summed E-state index contributed by atoms with van der Waals surface area (Å²) in [6, 6.07) is 9.57. The number of carboxylic acid groups (broad SMARTS) is 1. The fraction of sp³-hybridized carbons (Fsp3) is 0.600. The minimum atomic E-state index is -1.06. The number of hydrogen-bond donors (Lipinski definition) is 1. The van der Waals surface area contributed by atoms with E-state index in [4.69, 9.17) is 4.74 Å². The molecule has 1 saturated heterocycles. The van der Waals surface area contributed by atoms with Crippen LogP contribution in [0.3, 0.4) is 0 Å². The van der Waals surface area contributed by atoms with Crippen molar-refractivity contribution in [1.82, 2.24) is 4.90 Å². The van der Waals surface area contributed by atoms with Gasteiger partial charge in [-0.15, -0.1) is 0 Å². The Morgan fingerprint density at radius 1 is 1.24 bits per heavy atom. The number of unbranched alkanes of at least 4 members (excludes halogenated alkanes) is 1. The highest BCUT2D eigenvalue weighted by molar-refractivity contribution is 5.86. The fourth-order valence-corrected chi connectivity index (χ4v) is 3.49. The molecule has 1 N–H and O–H groups in total. The predicted molar refractivity (Wildman–Crippen MR) is 96.4 cm³/mol. The summed E-state index contributed by atoms with van der Waals surface area (Å²) in [4.78, 5) is 25.1. The number of carbonyl (C=O) groups is 2. The lowest BCUT2D eigenvalue weighted by atomic mass is 9.87. The van der Waals surface area contributed by atoms with Crippen LogP contribution in [0.4, 0.5) is 4.79 Å². The number of esters is 1. The molecule has 25 heavy (non-hydrogen) atoms. The summed E-state index contributed by atoms with van der Waals surface area (Å²) >= 11 is 0. The zero-order chi connectivity index (χ0) is 18.6. The van der Waals surface area contributed by atoms with Gasteiger partial charge in [-0.3, -0.25) is 4.90 Å². The van der Waals surface area contributed by atoms with E-state index in [9.17, 15) is 14.7 Å². The van der Waals surface area contributed by atoms with E-state index in [0.29, 0.717) is 6.42 Å². The Balaban J connectivity index is 1.96. The first-order valence-electron chi connectivity index (χ1n) is 9.00. The van der Waals surface area contributed by atoms with Gasteiger partial charge in [-0.2, -0.15) is 0 Å². The molecule has 0 radical (unpaired) electrons. The van der Waals surface area contributed by atoms with Crippen LogP contribution in [0.15, 0.2) is 30.3 Å². The largest absolute Gasteiger partial charge is 0.465 e. The maximum Gasteiger partial charge on any atom is 0.408 e. The molecule has 0 spiro atoms. The van der Waals surface area contributed by atoms with Crippen molar-refractivity contribution < 1.29 is 19.4 Å². The normalized spacial score (nSPS) is 20.1. The molecule has 2 rings (SSSR count). The van der Waals surface area contributed by atoms with Crippen LogP contribution in [0.5, 0.6) is 0 Å². The van der Waals surface area contributed by atoms with Gasteiger partial charge in [0.05, 0.1) is 0 Å². The molecule has 0 aromatic heterocycles. The number of ether oxygens (including phenoxy) is 1. The molecule has 0 unspecified atom stereocenters. The molecule has 2 atom stereocenters. The predicted octanol–water partition coefficient (Wildman–Crippen LogP) is 4.11. The van der Waals surface area contributed by atoms with Gasteiger partial charge in [-0.05, 0) is 44.6 Å². The SMILES string of the molecule is CC(C)[C@H]1OC(=O)[C@@H]1N(C(=O)O)C(C)(C)CCCCc1ccccc1. The van der Waals surface area contributed by atoms with E-state index in [2.05, 4.69) is 12.1 Å². The molecule has 1 fully saturated rings. The average Bonchev–Trinajstić information content (AvgIpc) is 2.54. The van der Waals surface area contributed by atoms with Gasteiger partial charge in [0.15, 0.2) is 6.04 Å². The second-order valence-corrected chi connectivity index (χ2v) is 7.75. The summed E-state index contributed by atoms with van der Waals surface area (Å²) in [6.45, 7) is 7.67. The van der Waals surface area contributed by atoms with Gasteiger partial charge < -0.3 is 9.84 Å². The van der Waals surface area contributed by atoms with E-state index in [0.717, 1.165) is 19.3 Å². The molecule has 0 saturated carbocycles. The van der Waals surface area contributed by atoms with E-state index in [-0.39, 0.29) is 12.0 Å². The van der Waals surface area contributed by atoms with Gasteiger partial charge in [0.25, 0.3) is 0 Å². The van der Waals surface area contributed by atoms with Crippen LogP contribution in [0.1, 0.15) is 52.5 Å². The Morgan fingerprint density at radius 3 is 2.40 bits per heavy atom. The van der Waals surface area contributed by atoms with Crippen molar-refractivity contribution in [1.29, 1.82) is 0 Å². The van der Waals surface area contributed by atoms with E-state index in [1.807, 2.05) is 45.9 Å². The van der Waals surface area contributed by atoms with Crippen LogP contribution >= 0.6 is 0 Å². The molecular formula is C20H29NO4. The van der Waals surface area contributed by atoms with Gasteiger partial charge in [0.2, 0.25) is 0 Å². The van der Waals surface area contributed by atoms with Crippen molar-refractivity contribution in [2.24, 2.45) is 5.92 Å². The lowest BCUT2D eigenvalue weighted by molar-refractivity contribution is -0.196. The molecule has 1 aromatic rings. The van der Waals surface area contributed by atoms with Crippen LogP contribution in [-0.4, -0.2) is 39.8 Å². The second-order valence-electron chi connectivity index (χ2n) is 7.75. The van der Waals surface area contributed by atoms with E-state index in [1.54, 1.807) is 0 Å². The van der Waals surface area contributed by atoms with Crippen molar-refractivity contribution in [3.63, 3.8) is 0 Å². The molecule has 0 bridgehead atoms. The first kappa shape index (κ1) is 19.3. The van der Waals surface area contributed by atoms with Gasteiger partial charge in [-0.25, -0.2) is 9.59 Å². The summed E-state index contributed by atoms with van der Waals surface area (Å²) in [5.41, 5.74) is 0.678. The first-order valence-corrected chi connectivity index (χ1v) is 9.00. The van der Waals surface area contributed by atoms with E-state index in [1.165, 1.54) is 10.5 Å². The Hall–Kier alpha value is -2.04. The van der Waals surface area contributed by atoms with E-state index >= 15 is 0 Å². The number of amides is 1. The number of cyclic esters (lactones) is 1. The molecule has 1 amide bonds. The van der Waals surface area contributed by atoms with Gasteiger partial charge in [0.1, 0.15) is 6.10 Å². The summed E-state index contributed by atoms with van der Waals surface area (Å²) in [5.74, 6) is -0.336. The molecule has 1 aliphatic heterocycles. The molecule has 1 heterocycles. The summed E-state index contributed by atoms with van der Waals surface area (Å²) in [6.07, 6.45) is 2.17. The highest BCUT2D eigenvalue weighted by Gasteiger charge is 2.53. The maximum absolute atomic E-state index is 11.9. The fourth-order valence-electron chi connectivity index (χ4n) is 3.49. The van der Waals surface area contributed by atoms with Crippen LogP contribution < -0.4 is 0 Å². The molecule has 1 aromatic carbocycles. The Labute approximate surface area is 150 Å². The first-order chi connectivity index (χ1) is 11.7. The van der Waals surface area contributed by atoms with Crippen LogP contribution in [0.2, 0.25) is 0 Å². The topological polar surface area (TPSA) is 66.8 Å². The lowest BCUT2D eigenvalue weighted by Gasteiger charge is -2.49. The van der Waals surface area contributed by atoms with Crippen molar-refractivity contribution in [3.8, 4) is 0 Å². The number of rotatable bonds is 8. The van der Waals surface area contributed by atoms with Crippen molar-refractivity contribution in [2.45, 2.75) is 71.1 Å². The van der Waals surface area contributed by atoms with Gasteiger partial charge in [-0.1, -0.05) is 50.6 Å². The third kappa shape index (κ3) is 4.53. The van der Waals surface area contributed by atoms with Crippen molar-refractivity contribution in [3.05, 3.63) is 35.9 Å². The minimum absolute atomic E-state index is 0.0958. The van der Waals surface area contributed by atoms with Crippen molar-refractivity contribution in [2.75, 3.05) is 0 Å². The number of aryl methyl sites for hydroxylation is 1. The quantitative estimate of drug-likeness (QED) is 0.568. The Bertz CT molecular complexity index is 597. The van der Waals surface area contributed by atoms with Crippen molar-refractivity contribution >= 4 is 12.1 Å². The lowest BCUT2D eigenvalue weighted by Crippen LogP contribution is -2.67. The highest BCUT2D eigenvalue weighted by Crippen LogP contribution is 2.34. The smallest absolute Gasteiger partial charge is 0.408 e.